The molecule has 0 aliphatic rings. The highest BCUT2D eigenvalue weighted by Crippen LogP contribution is 2.03. The van der Waals surface area contributed by atoms with Crippen LogP contribution in [0, 0.1) is 0 Å². The van der Waals surface area contributed by atoms with Gasteiger partial charge in [-0.2, -0.15) is 0 Å². The molecule has 12 heavy (non-hydrogen) atoms. The Labute approximate surface area is 76.7 Å². The quantitative estimate of drug-likeness (QED) is 0.760. The van der Waals surface area contributed by atoms with Gasteiger partial charge in [-0.15, -0.1) is 11.3 Å². The number of thiazole rings is 1. The van der Waals surface area contributed by atoms with Crippen molar-refractivity contribution in [3.63, 3.8) is 0 Å². The van der Waals surface area contributed by atoms with E-state index in [2.05, 4.69) is 9.88 Å². The van der Waals surface area contributed by atoms with Crippen LogP contribution in [0.15, 0.2) is 10.9 Å². The highest BCUT2D eigenvalue weighted by atomic mass is 32.1. The lowest BCUT2D eigenvalue weighted by Crippen LogP contribution is -2.26. The molecule has 1 aromatic rings. The molecule has 4 heteroatoms. The molecule has 0 fully saturated rings. The maximum Gasteiger partial charge on any atom is 0.0795 e. The van der Waals surface area contributed by atoms with Crippen molar-refractivity contribution in [2.45, 2.75) is 19.6 Å². The number of aromatic nitrogens is 1. The molecule has 1 N–H and O–H groups in total. The van der Waals surface area contributed by atoms with Gasteiger partial charge in [0.1, 0.15) is 0 Å². The smallest absolute Gasteiger partial charge is 0.0795 e. The summed E-state index contributed by atoms with van der Waals surface area (Å²) in [4.78, 5) is 6.21. The molecule has 0 aliphatic carbocycles. The summed E-state index contributed by atoms with van der Waals surface area (Å²) < 4.78 is 0. The van der Waals surface area contributed by atoms with Crippen molar-refractivity contribution in [1.82, 2.24) is 9.88 Å². The second-order valence-electron chi connectivity index (χ2n) is 3.03. The monoisotopic (exact) mass is 186 g/mol. The van der Waals surface area contributed by atoms with Crippen molar-refractivity contribution in [3.05, 3.63) is 16.6 Å². The Bertz CT molecular complexity index is 211. The van der Waals surface area contributed by atoms with Crippen molar-refractivity contribution in [3.8, 4) is 0 Å². The number of aliphatic hydroxyl groups is 1. The van der Waals surface area contributed by atoms with E-state index in [0.717, 1.165) is 12.2 Å². The minimum atomic E-state index is -0.270. The van der Waals surface area contributed by atoms with Gasteiger partial charge < -0.3 is 5.11 Å². The number of rotatable bonds is 4. The SMILES string of the molecule is C[C@@H](O)CN(C)Cc1cscn1. The number of likely N-dealkylation sites (N-methyl/N-ethyl adjacent to an activating group) is 1. The first-order valence-electron chi connectivity index (χ1n) is 3.92. The van der Waals surface area contributed by atoms with Crippen LogP contribution in [0.25, 0.3) is 0 Å². The third-order valence-electron chi connectivity index (χ3n) is 1.49. The molecule has 0 amide bonds. The third-order valence-corrected chi connectivity index (χ3v) is 2.13. The molecular formula is C8H14N2OS. The van der Waals surface area contributed by atoms with Gasteiger partial charge in [0.2, 0.25) is 0 Å². The van der Waals surface area contributed by atoms with E-state index in [0.29, 0.717) is 6.54 Å². The zero-order valence-corrected chi connectivity index (χ0v) is 8.21. The van der Waals surface area contributed by atoms with Gasteiger partial charge in [0.15, 0.2) is 0 Å². The van der Waals surface area contributed by atoms with Crippen LogP contribution in [0.1, 0.15) is 12.6 Å². The average Bonchev–Trinajstić information content (AvgIpc) is 2.37. The predicted molar refractivity (Wildman–Crippen MR) is 50.1 cm³/mol. The summed E-state index contributed by atoms with van der Waals surface area (Å²) in [7, 11) is 1.98. The first-order chi connectivity index (χ1) is 5.68. The molecule has 0 aromatic carbocycles. The molecule has 0 unspecified atom stereocenters. The Morgan fingerprint density at radius 2 is 2.50 bits per heavy atom. The second-order valence-corrected chi connectivity index (χ2v) is 3.74. The number of hydrogen-bond donors (Lipinski definition) is 1. The minimum Gasteiger partial charge on any atom is -0.392 e. The molecule has 68 valence electrons. The zero-order chi connectivity index (χ0) is 8.97. The Kier molecular flexibility index (Phi) is 3.65. The molecule has 3 nitrogen and oxygen atoms in total. The number of aliphatic hydroxyl groups excluding tert-OH is 1. The van der Waals surface area contributed by atoms with E-state index in [4.69, 9.17) is 5.11 Å². The second kappa shape index (κ2) is 4.54. The summed E-state index contributed by atoms with van der Waals surface area (Å²) in [5, 5.41) is 11.1. The summed E-state index contributed by atoms with van der Waals surface area (Å²) in [6, 6.07) is 0. The van der Waals surface area contributed by atoms with Gasteiger partial charge in [-0.05, 0) is 14.0 Å². The van der Waals surface area contributed by atoms with E-state index in [9.17, 15) is 0 Å². The number of hydrogen-bond acceptors (Lipinski definition) is 4. The van der Waals surface area contributed by atoms with Gasteiger partial charge in [-0.25, -0.2) is 4.98 Å². The van der Waals surface area contributed by atoms with Gasteiger partial charge in [0.05, 0.1) is 17.3 Å². The van der Waals surface area contributed by atoms with Crippen LogP contribution in [0.3, 0.4) is 0 Å². The lowest BCUT2D eigenvalue weighted by molar-refractivity contribution is 0.138. The van der Waals surface area contributed by atoms with Crippen molar-refractivity contribution >= 4 is 11.3 Å². The lowest BCUT2D eigenvalue weighted by atomic mass is 10.3. The standard InChI is InChI=1S/C8H14N2OS/c1-7(11)3-10(2)4-8-5-12-6-9-8/h5-7,11H,3-4H2,1-2H3/t7-/m1/s1. The molecule has 1 aromatic heterocycles. The molecular weight excluding hydrogens is 172 g/mol. The predicted octanol–water partition coefficient (Wildman–Crippen LogP) is 0.956. The van der Waals surface area contributed by atoms with Gasteiger partial charge in [0, 0.05) is 18.5 Å². The topological polar surface area (TPSA) is 36.4 Å². The highest BCUT2D eigenvalue weighted by molar-refractivity contribution is 7.07. The van der Waals surface area contributed by atoms with E-state index in [1.54, 1.807) is 18.3 Å². The Hall–Kier alpha value is -0.450. The summed E-state index contributed by atoms with van der Waals surface area (Å²) >= 11 is 1.60. The average molecular weight is 186 g/mol. The first kappa shape index (κ1) is 9.64. The van der Waals surface area contributed by atoms with Crippen LogP contribution in [-0.4, -0.2) is 34.7 Å². The van der Waals surface area contributed by atoms with Crippen molar-refractivity contribution in [2.75, 3.05) is 13.6 Å². The van der Waals surface area contributed by atoms with Crippen molar-refractivity contribution < 1.29 is 5.11 Å². The lowest BCUT2D eigenvalue weighted by Gasteiger charge is -2.16. The molecule has 1 heterocycles. The Morgan fingerprint density at radius 1 is 1.75 bits per heavy atom. The molecule has 1 atom stereocenters. The normalized spacial score (nSPS) is 13.7. The molecule has 0 aliphatic heterocycles. The Morgan fingerprint density at radius 3 is 3.00 bits per heavy atom. The largest absolute Gasteiger partial charge is 0.392 e. The number of nitrogens with zero attached hydrogens (tertiary/aromatic N) is 2. The summed E-state index contributed by atoms with van der Waals surface area (Å²) in [6.07, 6.45) is -0.270. The summed E-state index contributed by atoms with van der Waals surface area (Å²) in [5.41, 5.74) is 2.90. The van der Waals surface area contributed by atoms with E-state index in [1.807, 2.05) is 17.9 Å². The van der Waals surface area contributed by atoms with Crippen LogP contribution in [0.4, 0.5) is 0 Å². The minimum absolute atomic E-state index is 0.270. The molecule has 0 spiro atoms. The molecule has 0 saturated heterocycles. The van der Waals surface area contributed by atoms with E-state index < -0.39 is 0 Å². The van der Waals surface area contributed by atoms with E-state index in [-0.39, 0.29) is 6.10 Å². The Balaban J connectivity index is 2.32. The maximum atomic E-state index is 9.09. The first-order valence-corrected chi connectivity index (χ1v) is 4.86. The van der Waals surface area contributed by atoms with Crippen LogP contribution >= 0.6 is 11.3 Å². The van der Waals surface area contributed by atoms with Crippen LogP contribution in [-0.2, 0) is 6.54 Å². The third kappa shape index (κ3) is 3.30. The van der Waals surface area contributed by atoms with Crippen LogP contribution in [0.5, 0.6) is 0 Å². The fourth-order valence-corrected chi connectivity index (χ4v) is 1.66. The van der Waals surface area contributed by atoms with Crippen LogP contribution < -0.4 is 0 Å². The maximum absolute atomic E-state index is 9.09. The fourth-order valence-electron chi connectivity index (χ4n) is 1.11. The molecule has 1 rings (SSSR count). The fraction of sp³-hybridized carbons (Fsp3) is 0.625. The van der Waals surface area contributed by atoms with E-state index >= 15 is 0 Å². The van der Waals surface area contributed by atoms with E-state index in [1.165, 1.54) is 0 Å². The molecule has 0 radical (unpaired) electrons. The highest BCUT2D eigenvalue weighted by Gasteiger charge is 2.04. The van der Waals surface area contributed by atoms with Crippen molar-refractivity contribution in [1.29, 1.82) is 0 Å². The molecule has 0 bridgehead atoms. The van der Waals surface area contributed by atoms with Gasteiger partial charge in [-0.3, -0.25) is 4.90 Å². The van der Waals surface area contributed by atoms with Gasteiger partial charge in [-0.1, -0.05) is 0 Å². The summed E-state index contributed by atoms with van der Waals surface area (Å²) in [5.74, 6) is 0. The molecule has 0 saturated carbocycles. The van der Waals surface area contributed by atoms with Gasteiger partial charge in [0.25, 0.3) is 0 Å². The van der Waals surface area contributed by atoms with Crippen LogP contribution in [0.2, 0.25) is 0 Å². The zero-order valence-electron chi connectivity index (χ0n) is 7.40. The van der Waals surface area contributed by atoms with Gasteiger partial charge >= 0.3 is 0 Å². The summed E-state index contributed by atoms with van der Waals surface area (Å²) in [6.45, 7) is 3.30. The van der Waals surface area contributed by atoms with Crippen molar-refractivity contribution in [2.24, 2.45) is 0 Å².